The zero-order valence-electron chi connectivity index (χ0n) is 14.3. The number of hydrogen-bond acceptors (Lipinski definition) is 3. The summed E-state index contributed by atoms with van der Waals surface area (Å²) >= 11 is 0. The molecule has 1 unspecified atom stereocenters. The van der Waals surface area contributed by atoms with Crippen molar-refractivity contribution in [2.24, 2.45) is 5.73 Å². The molecule has 0 saturated carbocycles. The third-order valence-electron chi connectivity index (χ3n) is 4.43. The lowest BCUT2D eigenvalue weighted by atomic mass is 9.92. The zero-order valence-corrected chi connectivity index (χ0v) is 15.1. The van der Waals surface area contributed by atoms with Crippen molar-refractivity contribution in [2.75, 3.05) is 19.6 Å². The van der Waals surface area contributed by atoms with E-state index in [2.05, 4.69) is 5.32 Å². The van der Waals surface area contributed by atoms with Crippen molar-refractivity contribution < 1.29 is 9.59 Å². The molecule has 2 amide bonds. The topological polar surface area (TPSA) is 75.4 Å². The summed E-state index contributed by atoms with van der Waals surface area (Å²) in [4.78, 5) is 26.4. The molecule has 2 rings (SSSR count). The number of rotatable bonds is 5. The van der Waals surface area contributed by atoms with Gasteiger partial charge < -0.3 is 16.0 Å². The van der Waals surface area contributed by atoms with Gasteiger partial charge in [-0.1, -0.05) is 43.2 Å². The number of amides is 2. The van der Waals surface area contributed by atoms with Gasteiger partial charge in [-0.15, -0.1) is 12.4 Å². The number of nitrogens with one attached hydrogen (secondary N) is 1. The minimum absolute atomic E-state index is 0. The number of hydrogen-bond donors (Lipinski definition) is 2. The summed E-state index contributed by atoms with van der Waals surface area (Å²) in [5.74, 6) is -0.141. The first kappa shape index (κ1) is 20.5. The van der Waals surface area contributed by atoms with Gasteiger partial charge in [0.05, 0.1) is 0 Å². The van der Waals surface area contributed by atoms with Crippen LogP contribution in [0.4, 0.5) is 0 Å². The number of carbonyl (C=O) groups excluding carboxylic acids is 2. The molecule has 1 aromatic carbocycles. The lowest BCUT2D eigenvalue weighted by Gasteiger charge is -2.25. The fourth-order valence-electron chi connectivity index (χ4n) is 2.86. The second-order valence-corrected chi connectivity index (χ2v) is 6.37. The van der Waals surface area contributed by atoms with Crippen LogP contribution in [0.25, 0.3) is 0 Å². The quantitative estimate of drug-likeness (QED) is 0.852. The molecule has 0 aliphatic carbocycles. The van der Waals surface area contributed by atoms with E-state index in [0.717, 1.165) is 31.5 Å². The van der Waals surface area contributed by atoms with Crippen LogP contribution in [0.1, 0.15) is 44.6 Å². The Hall–Kier alpha value is -1.59. The van der Waals surface area contributed by atoms with E-state index in [4.69, 9.17) is 5.73 Å². The summed E-state index contributed by atoms with van der Waals surface area (Å²) < 4.78 is 0. The molecule has 1 saturated heterocycles. The van der Waals surface area contributed by atoms with Gasteiger partial charge in [0.1, 0.15) is 5.54 Å². The predicted molar refractivity (Wildman–Crippen MR) is 97.9 cm³/mol. The van der Waals surface area contributed by atoms with Gasteiger partial charge in [0.25, 0.3) is 0 Å². The Kier molecular flexibility index (Phi) is 8.22. The highest BCUT2D eigenvalue weighted by Gasteiger charge is 2.30. The van der Waals surface area contributed by atoms with E-state index < -0.39 is 5.54 Å². The lowest BCUT2D eigenvalue weighted by molar-refractivity contribution is -0.131. The van der Waals surface area contributed by atoms with Gasteiger partial charge in [-0.2, -0.15) is 0 Å². The minimum Gasteiger partial charge on any atom is -0.354 e. The summed E-state index contributed by atoms with van der Waals surface area (Å²) in [6, 6.07) is 9.27. The van der Waals surface area contributed by atoms with Crippen molar-refractivity contribution in [3.05, 3.63) is 35.9 Å². The second-order valence-electron chi connectivity index (χ2n) is 6.37. The van der Waals surface area contributed by atoms with E-state index in [9.17, 15) is 9.59 Å². The monoisotopic (exact) mass is 353 g/mol. The third-order valence-corrected chi connectivity index (χ3v) is 4.43. The average molecular weight is 354 g/mol. The van der Waals surface area contributed by atoms with Crippen LogP contribution in [-0.4, -0.2) is 36.3 Å². The smallest absolute Gasteiger partial charge is 0.244 e. The molecule has 24 heavy (non-hydrogen) atoms. The number of nitrogens with zero attached hydrogens (tertiary/aromatic N) is 1. The number of benzene rings is 1. The van der Waals surface area contributed by atoms with E-state index >= 15 is 0 Å². The van der Waals surface area contributed by atoms with Crippen molar-refractivity contribution in [3.63, 3.8) is 0 Å². The summed E-state index contributed by atoms with van der Waals surface area (Å²) in [5, 5.41) is 2.80. The number of likely N-dealkylation sites (tertiary alicyclic amines) is 1. The Morgan fingerprint density at radius 3 is 2.29 bits per heavy atom. The number of carbonyl (C=O) groups is 2. The van der Waals surface area contributed by atoms with Crippen LogP contribution in [0.2, 0.25) is 0 Å². The second kappa shape index (κ2) is 9.64. The van der Waals surface area contributed by atoms with E-state index in [1.807, 2.05) is 35.2 Å². The van der Waals surface area contributed by atoms with E-state index in [-0.39, 0.29) is 24.2 Å². The first-order chi connectivity index (χ1) is 11.0. The lowest BCUT2D eigenvalue weighted by Crippen LogP contribution is -2.49. The SMILES string of the molecule is CC(N)(C(=O)NCCC(=O)N1CCCCCC1)c1ccccc1.Cl. The summed E-state index contributed by atoms with van der Waals surface area (Å²) in [6.45, 7) is 3.69. The maximum Gasteiger partial charge on any atom is 0.244 e. The fourth-order valence-corrected chi connectivity index (χ4v) is 2.86. The van der Waals surface area contributed by atoms with E-state index in [1.165, 1.54) is 12.8 Å². The number of nitrogens with two attached hydrogens (primary N) is 1. The van der Waals surface area contributed by atoms with Crippen LogP contribution < -0.4 is 11.1 Å². The Balaban J connectivity index is 0.00000288. The first-order valence-electron chi connectivity index (χ1n) is 8.42. The molecule has 6 heteroatoms. The summed E-state index contributed by atoms with van der Waals surface area (Å²) in [7, 11) is 0. The van der Waals surface area contributed by atoms with Crippen LogP contribution in [0.3, 0.4) is 0 Å². The molecule has 1 fully saturated rings. The van der Waals surface area contributed by atoms with Gasteiger partial charge in [-0.3, -0.25) is 9.59 Å². The molecule has 0 spiro atoms. The maximum absolute atomic E-state index is 12.3. The molecule has 1 aromatic rings. The summed E-state index contributed by atoms with van der Waals surface area (Å²) in [5.41, 5.74) is 5.82. The van der Waals surface area contributed by atoms with Crippen molar-refractivity contribution in [3.8, 4) is 0 Å². The van der Waals surface area contributed by atoms with Crippen LogP contribution >= 0.6 is 12.4 Å². The van der Waals surface area contributed by atoms with Crippen molar-refractivity contribution in [1.82, 2.24) is 10.2 Å². The van der Waals surface area contributed by atoms with Gasteiger partial charge in [-0.25, -0.2) is 0 Å². The standard InChI is InChI=1S/C18H27N3O2.ClH/c1-18(19,15-9-5-4-6-10-15)17(23)20-12-11-16(22)21-13-7-2-3-8-14-21;/h4-6,9-10H,2-3,7-8,11-14,19H2,1H3,(H,20,23);1H. The van der Waals surface area contributed by atoms with Crippen LogP contribution in [0.15, 0.2) is 30.3 Å². The Morgan fingerprint density at radius 2 is 1.71 bits per heavy atom. The van der Waals surface area contributed by atoms with Gasteiger partial charge >= 0.3 is 0 Å². The maximum atomic E-state index is 12.3. The number of halogens is 1. The molecular weight excluding hydrogens is 326 g/mol. The van der Waals surface area contributed by atoms with Crippen molar-refractivity contribution >= 4 is 24.2 Å². The fraction of sp³-hybridized carbons (Fsp3) is 0.556. The molecule has 0 bridgehead atoms. The molecule has 5 nitrogen and oxygen atoms in total. The van der Waals surface area contributed by atoms with Gasteiger partial charge in [0, 0.05) is 26.1 Å². The zero-order chi connectivity index (χ0) is 16.7. The van der Waals surface area contributed by atoms with Crippen LogP contribution in [0.5, 0.6) is 0 Å². The minimum atomic E-state index is -1.09. The van der Waals surface area contributed by atoms with E-state index in [0.29, 0.717) is 13.0 Å². The molecule has 1 aliphatic rings. The molecule has 1 aliphatic heterocycles. The predicted octanol–water partition coefficient (Wildman–Crippen LogP) is 2.19. The normalized spacial score (nSPS) is 17.2. The summed E-state index contributed by atoms with van der Waals surface area (Å²) in [6.07, 6.45) is 4.88. The van der Waals surface area contributed by atoms with Gasteiger partial charge in [-0.05, 0) is 25.3 Å². The largest absolute Gasteiger partial charge is 0.354 e. The van der Waals surface area contributed by atoms with Crippen molar-refractivity contribution in [1.29, 1.82) is 0 Å². The van der Waals surface area contributed by atoms with Gasteiger partial charge in [0.15, 0.2) is 0 Å². The van der Waals surface area contributed by atoms with Gasteiger partial charge in [0.2, 0.25) is 11.8 Å². The molecular formula is C18H28ClN3O2. The highest BCUT2D eigenvalue weighted by molar-refractivity contribution is 5.87. The van der Waals surface area contributed by atoms with E-state index in [1.54, 1.807) is 6.92 Å². The molecule has 1 atom stereocenters. The van der Waals surface area contributed by atoms with Crippen molar-refractivity contribution in [2.45, 2.75) is 44.6 Å². The van der Waals surface area contributed by atoms with Crippen LogP contribution in [-0.2, 0) is 15.1 Å². The highest BCUT2D eigenvalue weighted by Crippen LogP contribution is 2.17. The molecule has 1 heterocycles. The Morgan fingerprint density at radius 1 is 1.12 bits per heavy atom. The highest BCUT2D eigenvalue weighted by atomic mass is 35.5. The molecule has 3 N–H and O–H groups in total. The third kappa shape index (κ3) is 5.49. The Labute approximate surface area is 150 Å². The molecule has 134 valence electrons. The average Bonchev–Trinajstić information content (AvgIpc) is 2.84. The Bertz CT molecular complexity index is 526. The molecule has 0 radical (unpaired) electrons. The molecule has 0 aromatic heterocycles. The first-order valence-corrected chi connectivity index (χ1v) is 8.42. The van der Waals surface area contributed by atoms with Crippen LogP contribution in [0, 0.1) is 0 Å².